The molecule has 2 nitrogen and oxygen atoms in total. The van der Waals surface area contributed by atoms with Crippen LogP contribution >= 0.6 is 15.9 Å². The molecule has 0 saturated carbocycles. The fourth-order valence-electron chi connectivity index (χ4n) is 1.68. The third-order valence-corrected chi connectivity index (χ3v) is 3.35. The van der Waals surface area contributed by atoms with Gasteiger partial charge in [-0.3, -0.25) is 5.10 Å². The van der Waals surface area contributed by atoms with Gasteiger partial charge in [0.25, 0.3) is 0 Å². The molecule has 1 heterocycles. The summed E-state index contributed by atoms with van der Waals surface area (Å²) in [6.07, 6.45) is 0. The third kappa shape index (κ3) is 1.36. The molecule has 2 aromatic rings. The molecule has 14 heavy (non-hydrogen) atoms. The van der Waals surface area contributed by atoms with Gasteiger partial charge in [-0.15, -0.1) is 0 Å². The highest BCUT2D eigenvalue weighted by Gasteiger charge is 2.11. The minimum atomic E-state index is 0.531. The van der Waals surface area contributed by atoms with Crippen molar-refractivity contribution in [2.24, 2.45) is 0 Å². The minimum Gasteiger partial charge on any atom is -0.278 e. The van der Waals surface area contributed by atoms with E-state index in [-0.39, 0.29) is 0 Å². The number of H-pyrrole nitrogens is 1. The van der Waals surface area contributed by atoms with E-state index in [4.69, 9.17) is 0 Å². The molecule has 0 amide bonds. The standard InChI is InChI=1S/C11H13BrN2/c1-6(2)8-4-5-9-10(11(8)12)7(3)13-14-9/h4-6H,1-3H3,(H,13,14). The van der Waals surface area contributed by atoms with E-state index in [1.807, 2.05) is 6.92 Å². The van der Waals surface area contributed by atoms with E-state index in [0.717, 1.165) is 11.2 Å². The summed E-state index contributed by atoms with van der Waals surface area (Å²) in [5.74, 6) is 0.531. The highest BCUT2D eigenvalue weighted by Crippen LogP contribution is 2.32. The van der Waals surface area contributed by atoms with Crippen LogP contribution in [0.1, 0.15) is 31.0 Å². The summed E-state index contributed by atoms with van der Waals surface area (Å²) in [5, 5.41) is 8.42. The van der Waals surface area contributed by atoms with E-state index in [2.05, 4.69) is 52.1 Å². The SMILES string of the molecule is Cc1n[nH]c2ccc(C(C)C)c(Br)c12. The normalized spacial score (nSPS) is 11.5. The van der Waals surface area contributed by atoms with Gasteiger partial charge in [-0.25, -0.2) is 0 Å². The van der Waals surface area contributed by atoms with Gasteiger partial charge in [-0.05, 0) is 40.4 Å². The second kappa shape index (κ2) is 3.39. The van der Waals surface area contributed by atoms with E-state index in [0.29, 0.717) is 5.92 Å². The Kier molecular flexibility index (Phi) is 2.35. The van der Waals surface area contributed by atoms with Crippen molar-refractivity contribution in [2.45, 2.75) is 26.7 Å². The summed E-state index contributed by atoms with van der Waals surface area (Å²) in [4.78, 5) is 0. The van der Waals surface area contributed by atoms with Crippen LogP contribution in [0.25, 0.3) is 10.9 Å². The average molecular weight is 253 g/mol. The second-order valence-corrected chi connectivity index (χ2v) is 4.65. The lowest BCUT2D eigenvalue weighted by atomic mass is 10.0. The Bertz CT molecular complexity index is 471. The molecule has 74 valence electrons. The van der Waals surface area contributed by atoms with Crippen molar-refractivity contribution in [1.82, 2.24) is 10.2 Å². The van der Waals surface area contributed by atoms with E-state index >= 15 is 0 Å². The summed E-state index contributed by atoms with van der Waals surface area (Å²) in [5.41, 5.74) is 3.48. The van der Waals surface area contributed by atoms with Gasteiger partial charge in [-0.2, -0.15) is 5.10 Å². The monoisotopic (exact) mass is 252 g/mol. The average Bonchev–Trinajstić information content (AvgIpc) is 2.48. The van der Waals surface area contributed by atoms with Gasteiger partial charge >= 0.3 is 0 Å². The lowest BCUT2D eigenvalue weighted by Gasteiger charge is -2.08. The van der Waals surface area contributed by atoms with E-state index in [9.17, 15) is 0 Å². The molecule has 0 aliphatic carbocycles. The molecule has 0 fully saturated rings. The molecular weight excluding hydrogens is 240 g/mol. The topological polar surface area (TPSA) is 28.7 Å². The molecule has 0 bridgehead atoms. The Balaban J connectivity index is 2.79. The summed E-state index contributed by atoms with van der Waals surface area (Å²) >= 11 is 3.65. The van der Waals surface area contributed by atoms with E-state index in [1.54, 1.807) is 0 Å². The highest BCUT2D eigenvalue weighted by atomic mass is 79.9. The number of hydrogen-bond acceptors (Lipinski definition) is 1. The van der Waals surface area contributed by atoms with Gasteiger partial charge in [0.15, 0.2) is 0 Å². The Morgan fingerprint density at radius 2 is 2.07 bits per heavy atom. The van der Waals surface area contributed by atoms with Crippen LogP contribution in [0.15, 0.2) is 16.6 Å². The largest absolute Gasteiger partial charge is 0.278 e. The minimum absolute atomic E-state index is 0.531. The summed E-state index contributed by atoms with van der Waals surface area (Å²) in [7, 11) is 0. The summed E-state index contributed by atoms with van der Waals surface area (Å²) in [6.45, 7) is 6.41. The molecule has 0 spiro atoms. The first-order valence-corrected chi connectivity index (χ1v) is 5.53. The van der Waals surface area contributed by atoms with Gasteiger partial charge in [0.2, 0.25) is 0 Å². The maximum atomic E-state index is 4.20. The maximum Gasteiger partial charge on any atom is 0.0681 e. The molecule has 0 atom stereocenters. The van der Waals surface area contributed by atoms with Crippen molar-refractivity contribution in [1.29, 1.82) is 0 Å². The first-order valence-electron chi connectivity index (χ1n) is 4.74. The second-order valence-electron chi connectivity index (χ2n) is 3.86. The number of hydrogen-bond donors (Lipinski definition) is 1. The van der Waals surface area contributed by atoms with Crippen LogP contribution in [0.2, 0.25) is 0 Å². The zero-order valence-corrected chi connectivity index (χ0v) is 10.1. The van der Waals surface area contributed by atoms with Crippen LogP contribution in [-0.2, 0) is 0 Å². The predicted molar refractivity (Wildman–Crippen MR) is 62.6 cm³/mol. The van der Waals surface area contributed by atoms with Gasteiger partial charge in [0, 0.05) is 9.86 Å². The van der Waals surface area contributed by atoms with Crippen molar-refractivity contribution < 1.29 is 0 Å². The number of aryl methyl sites for hydroxylation is 1. The number of aromatic amines is 1. The Morgan fingerprint density at radius 3 is 2.71 bits per heavy atom. The molecule has 3 heteroatoms. The number of nitrogens with zero attached hydrogens (tertiary/aromatic N) is 1. The van der Waals surface area contributed by atoms with Gasteiger partial charge in [0.1, 0.15) is 0 Å². The van der Waals surface area contributed by atoms with Crippen molar-refractivity contribution >= 4 is 26.8 Å². The molecule has 2 rings (SSSR count). The number of fused-ring (bicyclic) bond motifs is 1. The Hall–Kier alpha value is -0.830. The van der Waals surface area contributed by atoms with Crippen molar-refractivity contribution in [2.75, 3.05) is 0 Å². The molecule has 0 aliphatic rings. The van der Waals surface area contributed by atoms with Crippen LogP contribution < -0.4 is 0 Å². The van der Waals surface area contributed by atoms with Crippen LogP contribution in [0.3, 0.4) is 0 Å². The van der Waals surface area contributed by atoms with Crippen LogP contribution in [0.4, 0.5) is 0 Å². The van der Waals surface area contributed by atoms with Crippen LogP contribution in [0, 0.1) is 6.92 Å². The van der Waals surface area contributed by atoms with Gasteiger partial charge in [0.05, 0.1) is 11.2 Å². The highest BCUT2D eigenvalue weighted by molar-refractivity contribution is 9.10. The number of benzene rings is 1. The summed E-state index contributed by atoms with van der Waals surface area (Å²) in [6, 6.07) is 4.24. The Morgan fingerprint density at radius 1 is 1.36 bits per heavy atom. The number of nitrogens with one attached hydrogen (secondary N) is 1. The van der Waals surface area contributed by atoms with Crippen molar-refractivity contribution in [3.63, 3.8) is 0 Å². The van der Waals surface area contributed by atoms with E-state index < -0.39 is 0 Å². The lowest BCUT2D eigenvalue weighted by molar-refractivity contribution is 0.863. The maximum absolute atomic E-state index is 4.20. The van der Waals surface area contributed by atoms with Crippen molar-refractivity contribution in [3.8, 4) is 0 Å². The smallest absolute Gasteiger partial charge is 0.0681 e. The Labute approximate surface area is 91.8 Å². The predicted octanol–water partition coefficient (Wildman–Crippen LogP) is 3.76. The van der Waals surface area contributed by atoms with Crippen molar-refractivity contribution in [3.05, 3.63) is 27.9 Å². The van der Waals surface area contributed by atoms with E-state index in [1.165, 1.54) is 15.4 Å². The first kappa shape index (κ1) is 9.71. The molecule has 1 aromatic heterocycles. The lowest BCUT2D eigenvalue weighted by Crippen LogP contribution is -1.89. The van der Waals surface area contributed by atoms with Gasteiger partial charge in [-0.1, -0.05) is 19.9 Å². The fourth-order valence-corrected chi connectivity index (χ4v) is 2.78. The zero-order valence-electron chi connectivity index (χ0n) is 8.56. The van der Waals surface area contributed by atoms with Gasteiger partial charge < -0.3 is 0 Å². The molecular formula is C11H13BrN2. The fraction of sp³-hybridized carbons (Fsp3) is 0.364. The molecule has 0 aliphatic heterocycles. The summed E-state index contributed by atoms with van der Waals surface area (Å²) < 4.78 is 1.18. The molecule has 0 saturated heterocycles. The number of rotatable bonds is 1. The van der Waals surface area contributed by atoms with Crippen LogP contribution in [0.5, 0.6) is 0 Å². The first-order chi connectivity index (χ1) is 6.61. The van der Waals surface area contributed by atoms with Crippen LogP contribution in [-0.4, -0.2) is 10.2 Å². The quantitative estimate of drug-likeness (QED) is 0.823. The number of aromatic nitrogens is 2. The molecule has 0 radical (unpaired) electrons. The third-order valence-electron chi connectivity index (χ3n) is 2.50. The molecule has 0 unspecified atom stereocenters. The molecule has 1 N–H and O–H groups in total. The molecule has 1 aromatic carbocycles. The zero-order chi connectivity index (χ0) is 10.3. The number of halogens is 1.